The summed E-state index contributed by atoms with van der Waals surface area (Å²) < 4.78 is 14.1. The van der Waals surface area contributed by atoms with Crippen molar-refractivity contribution in [2.75, 3.05) is 0 Å². The molecule has 46 valence electrons. The fourth-order valence-corrected chi connectivity index (χ4v) is 0.470. The number of aromatic nitrogens is 3. The maximum absolute atomic E-state index is 9.75. The lowest BCUT2D eigenvalue weighted by atomic mass is 11.0. The molecule has 0 N–H and O–H groups in total. The lowest BCUT2D eigenvalue weighted by Gasteiger charge is -1.87. The zero-order chi connectivity index (χ0) is 6.53. The first-order valence-electron chi connectivity index (χ1n) is 2.05. The molecule has 0 saturated heterocycles. The number of hydrogen-bond donors (Lipinski definition) is 0. The van der Waals surface area contributed by atoms with Gasteiger partial charge in [-0.15, -0.1) is 0 Å². The molecule has 0 radical (unpaired) electrons. The third-order valence-electron chi connectivity index (χ3n) is 0.589. The Kier molecular flexibility index (Phi) is 2.04. The van der Waals surface area contributed by atoms with Gasteiger partial charge >= 0.3 is 14.7 Å². The summed E-state index contributed by atoms with van der Waals surface area (Å²) in [4.78, 5) is 10.6. The first-order chi connectivity index (χ1) is 4.43. The summed E-state index contributed by atoms with van der Waals surface area (Å²) in [5.41, 5.74) is 0. The molecule has 0 aliphatic heterocycles. The van der Waals surface area contributed by atoms with Gasteiger partial charge in [0.15, 0.2) is 0 Å². The maximum atomic E-state index is 9.75. The Hall–Kier alpha value is -1.09. The molecule has 1 aromatic rings. The first kappa shape index (κ1) is 6.04. The quantitative estimate of drug-likeness (QED) is 0.562. The van der Waals surface area contributed by atoms with E-state index in [2.05, 4.69) is 19.5 Å². The van der Waals surface area contributed by atoms with Crippen LogP contribution in [0.3, 0.4) is 0 Å². The molecule has 1 heterocycles. The zero-order valence-corrected chi connectivity index (χ0v) is 5.15. The van der Waals surface area contributed by atoms with Crippen molar-refractivity contribution in [2.24, 2.45) is 0 Å². The van der Waals surface area contributed by atoms with Crippen molar-refractivity contribution < 1.29 is 9.09 Å². The number of nitrogens with zero attached hydrogens (tertiary/aromatic N) is 3. The molecule has 9 heavy (non-hydrogen) atoms. The molecular formula is C3H2N3O2P. The second kappa shape index (κ2) is 3.04. The van der Waals surface area contributed by atoms with E-state index in [1.165, 1.54) is 12.7 Å². The van der Waals surface area contributed by atoms with Crippen LogP contribution >= 0.6 is 8.69 Å². The average molecular weight is 143 g/mol. The minimum absolute atomic E-state index is 0.0571. The van der Waals surface area contributed by atoms with Crippen LogP contribution in [0.4, 0.5) is 0 Å². The smallest absolute Gasteiger partial charge is 0.370 e. The molecule has 0 amide bonds. The number of rotatable bonds is 2. The van der Waals surface area contributed by atoms with Gasteiger partial charge in [-0.25, -0.2) is 9.55 Å². The van der Waals surface area contributed by atoms with Gasteiger partial charge in [0, 0.05) is 0 Å². The van der Waals surface area contributed by atoms with Gasteiger partial charge in [-0.3, -0.25) is 0 Å². The summed E-state index contributed by atoms with van der Waals surface area (Å²) in [6.07, 6.45) is 2.51. The van der Waals surface area contributed by atoms with Gasteiger partial charge in [0.05, 0.1) is 0 Å². The predicted molar refractivity (Wildman–Crippen MR) is 28.1 cm³/mol. The predicted octanol–water partition coefficient (Wildman–Crippen LogP) is 0.457. The van der Waals surface area contributed by atoms with E-state index in [4.69, 9.17) is 0 Å². The molecule has 0 aliphatic rings. The summed E-state index contributed by atoms with van der Waals surface area (Å²) in [5, 5.41) is 0. The summed E-state index contributed by atoms with van der Waals surface area (Å²) in [6.45, 7) is 0. The Morgan fingerprint density at radius 2 is 2.11 bits per heavy atom. The molecule has 6 heteroatoms. The topological polar surface area (TPSA) is 65.0 Å². The molecule has 0 aliphatic carbocycles. The molecule has 0 atom stereocenters. The fourth-order valence-electron chi connectivity index (χ4n) is 0.309. The highest BCUT2D eigenvalue weighted by atomic mass is 31.1. The summed E-state index contributed by atoms with van der Waals surface area (Å²) in [5.74, 6) is 0. The standard InChI is InChI=1S/C3H2N3O2P/c7-9-8-3-5-1-4-2-6-3/h1-2H. The maximum Gasteiger partial charge on any atom is 0.398 e. The zero-order valence-electron chi connectivity index (χ0n) is 4.26. The second-order valence-electron chi connectivity index (χ2n) is 1.09. The van der Waals surface area contributed by atoms with Gasteiger partial charge in [-0.2, -0.15) is 9.97 Å². The van der Waals surface area contributed by atoms with Crippen LogP contribution in [0.25, 0.3) is 0 Å². The van der Waals surface area contributed by atoms with Gasteiger partial charge in [0.1, 0.15) is 12.7 Å². The summed E-state index contributed by atoms with van der Waals surface area (Å²) >= 11 is 0. The van der Waals surface area contributed by atoms with Crippen molar-refractivity contribution in [2.45, 2.75) is 0 Å². The SMILES string of the molecule is O=POc1ncncn1. The molecule has 0 unspecified atom stereocenters. The minimum Gasteiger partial charge on any atom is -0.370 e. The van der Waals surface area contributed by atoms with E-state index >= 15 is 0 Å². The first-order valence-corrected chi connectivity index (χ1v) is 2.78. The highest BCUT2D eigenvalue weighted by molar-refractivity contribution is 7.17. The van der Waals surface area contributed by atoms with Crippen LogP contribution in [0.1, 0.15) is 0 Å². The van der Waals surface area contributed by atoms with Crippen LogP contribution in [0.5, 0.6) is 6.01 Å². The molecule has 0 bridgehead atoms. The van der Waals surface area contributed by atoms with Crippen molar-refractivity contribution in [3.63, 3.8) is 0 Å². The van der Waals surface area contributed by atoms with E-state index in [9.17, 15) is 4.57 Å². The Labute approximate surface area is 52.4 Å². The average Bonchev–Trinajstić information content (AvgIpc) is 1.91. The van der Waals surface area contributed by atoms with Crippen LogP contribution in [0, 0.1) is 0 Å². The molecule has 0 aromatic carbocycles. The molecule has 0 saturated carbocycles. The third-order valence-corrected chi connectivity index (χ3v) is 0.826. The van der Waals surface area contributed by atoms with Crippen LogP contribution < -0.4 is 4.52 Å². The van der Waals surface area contributed by atoms with Crippen LogP contribution in [-0.2, 0) is 4.57 Å². The van der Waals surface area contributed by atoms with E-state index < -0.39 is 8.69 Å². The Bertz CT molecular complexity index is 192. The van der Waals surface area contributed by atoms with Crippen molar-refractivity contribution in [1.29, 1.82) is 0 Å². The molecule has 5 nitrogen and oxygen atoms in total. The van der Waals surface area contributed by atoms with Crippen molar-refractivity contribution in [1.82, 2.24) is 15.0 Å². The fraction of sp³-hybridized carbons (Fsp3) is 0. The van der Waals surface area contributed by atoms with Crippen LogP contribution in [0.15, 0.2) is 12.7 Å². The lowest BCUT2D eigenvalue weighted by Crippen LogP contribution is -1.85. The van der Waals surface area contributed by atoms with E-state index in [0.29, 0.717) is 0 Å². The van der Waals surface area contributed by atoms with Gasteiger partial charge < -0.3 is 4.52 Å². The van der Waals surface area contributed by atoms with Crippen LogP contribution in [0.2, 0.25) is 0 Å². The molecule has 1 aromatic heterocycles. The van der Waals surface area contributed by atoms with Crippen molar-refractivity contribution in [3.05, 3.63) is 12.7 Å². The number of hydrogen-bond acceptors (Lipinski definition) is 5. The molecule has 0 spiro atoms. The van der Waals surface area contributed by atoms with Crippen molar-refractivity contribution >= 4 is 8.69 Å². The van der Waals surface area contributed by atoms with E-state index in [0.717, 1.165) is 0 Å². The molecule has 0 fully saturated rings. The lowest BCUT2D eigenvalue weighted by molar-refractivity contribution is 0.499. The summed E-state index contributed by atoms with van der Waals surface area (Å²) in [7, 11) is -0.458. The Morgan fingerprint density at radius 3 is 2.67 bits per heavy atom. The van der Waals surface area contributed by atoms with Gasteiger partial charge in [-0.1, -0.05) is 0 Å². The Balaban J connectivity index is 2.72. The molecular weight excluding hydrogens is 141 g/mol. The monoisotopic (exact) mass is 143 g/mol. The third kappa shape index (κ3) is 1.70. The second-order valence-corrected chi connectivity index (χ2v) is 1.42. The van der Waals surface area contributed by atoms with E-state index in [-0.39, 0.29) is 6.01 Å². The minimum atomic E-state index is -0.458. The van der Waals surface area contributed by atoms with Gasteiger partial charge in [-0.05, 0) is 0 Å². The highest BCUT2D eigenvalue weighted by Gasteiger charge is 1.90. The highest BCUT2D eigenvalue weighted by Crippen LogP contribution is 2.02. The van der Waals surface area contributed by atoms with Crippen LogP contribution in [-0.4, -0.2) is 15.0 Å². The van der Waals surface area contributed by atoms with Crippen molar-refractivity contribution in [3.8, 4) is 6.01 Å². The summed E-state index contributed by atoms with van der Waals surface area (Å²) in [6, 6.07) is 0.0571. The largest absolute Gasteiger partial charge is 0.398 e. The van der Waals surface area contributed by atoms with E-state index in [1.807, 2.05) is 0 Å². The van der Waals surface area contributed by atoms with Gasteiger partial charge in [0.2, 0.25) is 0 Å². The van der Waals surface area contributed by atoms with Gasteiger partial charge in [0.25, 0.3) is 0 Å². The van der Waals surface area contributed by atoms with E-state index in [1.54, 1.807) is 0 Å². The normalized spacial score (nSPS) is 9.33. The molecule has 1 rings (SSSR count). The Morgan fingerprint density at radius 1 is 1.44 bits per heavy atom.